The van der Waals surface area contributed by atoms with Crippen LogP contribution < -0.4 is 10.1 Å². The van der Waals surface area contributed by atoms with Crippen molar-refractivity contribution in [2.24, 2.45) is 0 Å². The van der Waals surface area contributed by atoms with Crippen molar-refractivity contribution in [3.63, 3.8) is 0 Å². The fraction of sp³-hybridized carbons (Fsp3) is 0.357. The van der Waals surface area contributed by atoms with E-state index >= 15 is 0 Å². The van der Waals surface area contributed by atoms with Crippen LogP contribution in [0.4, 0.5) is 0 Å². The highest BCUT2D eigenvalue weighted by molar-refractivity contribution is 7.09. The second kappa shape index (κ2) is 6.52. The third-order valence-electron chi connectivity index (χ3n) is 2.89. The van der Waals surface area contributed by atoms with Crippen molar-refractivity contribution in [1.29, 1.82) is 0 Å². The lowest BCUT2D eigenvalue weighted by Crippen LogP contribution is -2.20. The summed E-state index contributed by atoms with van der Waals surface area (Å²) < 4.78 is 5.35. The first kappa shape index (κ1) is 13.1. The molecule has 4 heteroatoms. The van der Waals surface area contributed by atoms with Gasteiger partial charge in [-0.3, -0.25) is 0 Å². The van der Waals surface area contributed by atoms with Gasteiger partial charge in [0.15, 0.2) is 0 Å². The first-order valence-corrected chi connectivity index (χ1v) is 6.97. The molecule has 1 heterocycles. The summed E-state index contributed by atoms with van der Waals surface area (Å²) in [6.45, 7) is 2.96. The summed E-state index contributed by atoms with van der Waals surface area (Å²) in [5.41, 5.74) is 1.18. The van der Waals surface area contributed by atoms with Crippen LogP contribution in [0.1, 0.15) is 30.0 Å². The molecule has 0 saturated carbocycles. The van der Waals surface area contributed by atoms with Crippen LogP contribution in [-0.2, 0) is 6.54 Å². The quantitative estimate of drug-likeness (QED) is 0.866. The molecule has 1 aromatic heterocycles. The fourth-order valence-electron chi connectivity index (χ4n) is 1.90. The van der Waals surface area contributed by atoms with E-state index in [2.05, 4.69) is 23.3 Å². The van der Waals surface area contributed by atoms with Gasteiger partial charge in [0.25, 0.3) is 0 Å². The number of thiazole rings is 1. The van der Waals surface area contributed by atoms with Gasteiger partial charge >= 0.3 is 0 Å². The van der Waals surface area contributed by atoms with Crippen LogP contribution >= 0.6 is 11.3 Å². The number of rotatable bonds is 6. The standard InChI is InChI=1S/C14H18N2OS/c1-3-12(14-15-8-9-18-14)16-10-11-6-4-5-7-13(11)17-2/h4-9,12,16H,3,10H2,1-2H3. The predicted octanol–water partition coefficient (Wildman–Crippen LogP) is 3.39. The summed E-state index contributed by atoms with van der Waals surface area (Å²) in [5.74, 6) is 0.930. The van der Waals surface area contributed by atoms with Gasteiger partial charge in [0.05, 0.1) is 13.2 Å². The Balaban J connectivity index is 2.02. The molecule has 1 aromatic carbocycles. The van der Waals surface area contributed by atoms with E-state index in [4.69, 9.17) is 4.74 Å². The molecule has 2 rings (SSSR count). The molecule has 0 amide bonds. The molecule has 0 saturated heterocycles. The number of hydrogen-bond acceptors (Lipinski definition) is 4. The van der Waals surface area contributed by atoms with E-state index in [0.717, 1.165) is 23.7 Å². The Hall–Kier alpha value is -1.39. The van der Waals surface area contributed by atoms with E-state index in [1.54, 1.807) is 18.4 Å². The van der Waals surface area contributed by atoms with E-state index in [1.165, 1.54) is 5.56 Å². The summed E-state index contributed by atoms with van der Waals surface area (Å²) in [6, 6.07) is 8.40. The van der Waals surface area contributed by atoms with Gasteiger partial charge in [0.1, 0.15) is 10.8 Å². The number of ether oxygens (including phenoxy) is 1. The van der Waals surface area contributed by atoms with Gasteiger partial charge in [-0.1, -0.05) is 25.1 Å². The van der Waals surface area contributed by atoms with Crippen LogP contribution in [0.2, 0.25) is 0 Å². The van der Waals surface area contributed by atoms with Crippen LogP contribution in [0.25, 0.3) is 0 Å². The lowest BCUT2D eigenvalue weighted by Gasteiger charge is -2.15. The van der Waals surface area contributed by atoms with E-state index < -0.39 is 0 Å². The number of benzene rings is 1. The molecule has 0 aliphatic carbocycles. The minimum absolute atomic E-state index is 0.315. The number of nitrogens with zero attached hydrogens (tertiary/aromatic N) is 1. The zero-order valence-corrected chi connectivity index (χ0v) is 11.5. The number of nitrogens with one attached hydrogen (secondary N) is 1. The monoisotopic (exact) mass is 262 g/mol. The Morgan fingerprint density at radius 1 is 1.39 bits per heavy atom. The van der Waals surface area contributed by atoms with Crippen molar-refractivity contribution in [2.45, 2.75) is 25.9 Å². The third kappa shape index (κ3) is 3.09. The van der Waals surface area contributed by atoms with Crippen LogP contribution in [0, 0.1) is 0 Å². The molecule has 18 heavy (non-hydrogen) atoms. The number of para-hydroxylation sites is 1. The summed E-state index contributed by atoms with van der Waals surface area (Å²) in [4.78, 5) is 4.37. The number of methoxy groups -OCH3 is 1. The van der Waals surface area contributed by atoms with E-state index in [9.17, 15) is 0 Å². The van der Waals surface area contributed by atoms with Crippen molar-refractivity contribution in [1.82, 2.24) is 10.3 Å². The number of aromatic nitrogens is 1. The minimum atomic E-state index is 0.315. The molecular formula is C14H18N2OS. The molecule has 0 aliphatic rings. The molecule has 1 N–H and O–H groups in total. The Labute approximate surface area is 112 Å². The van der Waals surface area contributed by atoms with Gasteiger partial charge in [0.2, 0.25) is 0 Å². The van der Waals surface area contributed by atoms with Gasteiger partial charge in [-0.2, -0.15) is 0 Å². The highest BCUT2D eigenvalue weighted by Crippen LogP contribution is 2.22. The molecule has 0 bridgehead atoms. The van der Waals surface area contributed by atoms with Crippen molar-refractivity contribution < 1.29 is 4.74 Å². The average Bonchev–Trinajstić information content (AvgIpc) is 2.94. The predicted molar refractivity (Wildman–Crippen MR) is 75.0 cm³/mol. The number of hydrogen-bond donors (Lipinski definition) is 1. The zero-order chi connectivity index (χ0) is 12.8. The maximum atomic E-state index is 5.35. The fourth-order valence-corrected chi connectivity index (χ4v) is 2.69. The maximum Gasteiger partial charge on any atom is 0.123 e. The molecule has 2 aromatic rings. The summed E-state index contributed by atoms with van der Waals surface area (Å²) in [6.07, 6.45) is 2.89. The van der Waals surface area contributed by atoms with Crippen molar-refractivity contribution in [3.05, 3.63) is 46.4 Å². The molecule has 1 unspecified atom stereocenters. The van der Waals surface area contributed by atoms with Crippen molar-refractivity contribution >= 4 is 11.3 Å². The molecule has 0 spiro atoms. The highest BCUT2D eigenvalue weighted by Gasteiger charge is 2.12. The van der Waals surface area contributed by atoms with Crippen molar-refractivity contribution in [3.8, 4) is 5.75 Å². The van der Waals surface area contributed by atoms with E-state index in [-0.39, 0.29) is 0 Å². The lowest BCUT2D eigenvalue weighted by molar-refractivity contribution is 0.404. The summed E-state index contributed by atoms with van der Waals surface area (Å²) in [5, 5.41) is 6.69. The van der Waals surface area contributed by atoms with Crippen LogP contribution in [0.5, 0.6) is 5.75 Å². The molecule has 0 fully saturated rings. The smallest absolute Gasteiger partial charge is 0.123 e. The van der Waals surface area contributed by atoms with Gasteiger partial charge < -0.3 is 10.1 Å². The molecule has 96 valence electrons. The van der Waals surface area contributed by atoms with Crippen molar-refractivity contribution in [2.75, 3.05) is 7.11 Å². The Bertz CT molecular complexity index is 470. The van der Waals surface area contributed by atoms with Gasteiger partial charge in [-0.15, -0.1) is 11.3 Å². The molecule has 3 nitrogen and oxygen atoms in total. The van der Waals surface area contributed by atoms with Crippen LogP contribution in [0.3, 0.4) is 0 Å². The summed E-state index contributed by atoms with van der Waals surface area (Å²) in [7, 11) is 1.71. The maximum absolute atomic E-state index is 5.35. The van der Waals surface area contributed by atoms with Crippen LogP contribution in [-0.4, -0.2) is 12.1 Å². The zero-order valence-electron chi connectivity index (χ0n) is 10.7. The van der Waals surface area contributed by atoms with Gasteiger partial charge in [0, 0.05) is 23.7 Å². The topological polar surface area (TPSA) is 34.1 Å². The second-order valence-electron chi connectivity index (χ2n) is 4.02. The minimum Gasteiger partial charge on any atom is -0.496 e. The third-order valence-corrected chi connectivity index (χ3v) is 3.78. The average molecular weight is 262 g/mol. The van der Waals surface area contributed by atoms with Gasteiger partial charge in [-0.05, 0) is 12.5 Å². The molecule has 0 aliphatic heterocycles. The van der Waals surface area contributed by atoms with Crippen LogP contribution in [0.15, 0.2) is 35.8 Å². The SMILES string of the molecule is CCC(NCc1ccccc1OC)c1nccs1. The largest absolute Gasteiger partial charge is 0.496 e. The van der Waals surface area contributed by atoms with E-state index in [0.29, 0.717) is 6.04 Å². The van der Waals surface area contributed by atoms with Gasteiger partial charge in [-0.25, -0.2) is 4.98 Å². The Kier molecular flexibility index (Phi) is 4.73. The molecule has 1 atom stereocenters. The molecular weight excluding hydrogens is 244 g/mol. The normalized spacial score (nSPS) is 12.3. The van der Waals surface area contributed by atoms with E-state index in [1.807, 2.05) is 29.8 Å². The Morgan fingerprint density at radius 2 is 2.22 bits per heavy atom. The summed E-state index contributed by atoms with van der Waals surface area (Å²) >= 11 is 1.70. The first-order chi connectivity index (χ1) is 8.85. The highest BCUT2D eigenvalue weighted by atomic mass is 32.1. The lowest BCUT2D eigenvalue weighted by atomic mass is 10.1. The first-order valence-electron chi connectivity index (χ1n) is 6.09. The molecule has 0 radical (unpaired) electrons. The second-order valence-corrected chi connectivity index (χ2v) is 4.95. The Morgan fingerprint density at radius 3 is 2.89 bits per heavy atom.